The monoisotopic (exact) mass is 450 g/mol. The molecule has 0 bridgehead atoms. The molecule has 0 aliphatic rings. The lowest BCUT2D eigenvalue weighted by molar-refractivity contribution is -0.164. The van der Waals surface area contributed by atoms with E-state index in [1.807, 2.05) is 0 Å². The molecule has 10 heteroatoms. The van der Waals surface area contributed by atoms with Crippen molar-refractivity contribution >= 4 is 41.3 Å². The first-order chi connectivity index (χ1) is 14.2. The fraction of sp³-hybridized carbons (Fsp3) is 0.650. The summed E-state index contributed by atoms with van der Waals surface area (Å²) in [5, 5.41) is 0.159. The quantitative estimate of drug-likeness (QED) is 0.154. The molecule has 0 atom stereocenters. The molecule has 0 amide bonds. The van der Waals surface area contributed by atoms with E-state index in [0.717, 1.165) is 0 Å². The van der Waals surface area contributed by atoms with Gasteiger partial charge in [0.25, 0.3) is 0 Å². The molecule has 0 rings (SSSR count). The van der Waals surface area contributed by atoms with Gasteiger partial charge in [-0.2, -0.15) is 0 Å². The van der Waals surface area contributed by atoms with Crippen molar-refractivity contribution in [2.45, 2.75) is 54.4 Å². The van der Waals surface area contributed by atoms with Crippen LogP contribution in [-0.4, -0.2) is 56.1 Å². The molecule has 0 aromatic rings. The van der Waals surface area contributed by atoms with Crippen LogP contribution in [0.1, 0.15) is 54.4 Å². The van der Waals surface area contributed by atoms with Gasteiger partial charge >= 0.3 is 23.9 Å². The zero-order chi connectivity index (χ0) is 23.7. The maximum Gasteiger partial charge on any atom is 0.346 e. The number of hydrogen-bond donors (Lipinski definition) is 0. The maximum absolute atomic E-state index is 11.4. The summed E-state index contributed by atoms with van der Waals surface area (Å²) < 4.78 is 18.7. The van der Waals surface area contributed by atoms with Crippen molar-refractivity contribution in [2.75, 3.05) is 26.4 Å². The summed E-state index contributed by atoms with van der Waals surface area (Å²) in [4.78, 5) is 56.8. The molecule has 0 heterocycles. The molecular formula is C20H31ClO9. The molecule has 0 spiro atoms. The molecule has 0 saturated carbocycles. The number of allylic oxidation sites excluding steroid dienone is 1. The zero-order valence-corrected chi connectivity index (χ0v) is 19.1. The van der Waals surface area contributed by atoms with Crippen molar-refractivity contribution in [2.24, 2.45) is 5.92 Å². The number of ether oxygens (including phenoxy) is 4. The van der Waals surface area contributed by atoms with Gasteiger partial charge in [0.2, 0.25) is 5.92 Å². The molecule has 0 aromatic carbocycles. The van der Waals surface area contributed by atoms with Crippen molar-refractivity contribution in [3.05, 3.63) is 10.6 Å². The first-order valence-electron chi connectivity index (χ1n) is 9.75. The molecular weight excluding hydrogens is 420 g/mol. The Morgan fingerprint density at radius 2 is 1.00 bits per heavy atom. The molecule has 0 aliphatic carbocycles. The minimum Gasteiger partial charge on any atom is -0.465 e. The lowest BCUT2D eigenvalue weighted by Gasteiger charge is -2.12. The number of halogens is 1. The molecule has 0 fully saturated rings. The van der Waals surface area contributed by atoms with Gasteiger partial charge < -0.3 is 18.9 Å². The number of ketones is 1. The van der Waals surface area contributed by atoms with E-state index in [2.05, 4.69) is 9.47 Å². The van der Waals surface area contributed by atoms with Crippen molar-refractivity contribution in [3.8, 4) is 0 Å². The van der Waals surface area contributed by atoms with Crippen LogP contribution in [0.15, 0.2) is 10.6 Å². The minimum absolute atomic E-state index is 0.0995. The lowest BCUT2D eigenvalue weighted by atomic mass is 10.0. The third-order valence-corrected chi connectivity index (χ3v) is 3.71. The topological polar surface area (TPSA) is 122 Å². The Morgan fingerprint density at radius 3 is 1.27 bits per heavy atom. The van der Waals surface area contributed by atoms with Gasteiger partial charge in [-0.05, 0) is 34.1 Å². The molecule has 0 unspecified atom stereocenters. The molecule has 0 N–H and O–H groups in total. The van der Waals surface area contributed by atoms with Gasteiger partial charge in [-0.3, -0.25) is 14.4 Å². The molecule has 172 valence electrons. The largest absolute Gasteiger partial charge is 0.465 e. The van der Waals surface area contributed by atoms with E-state index in [4.69, 9.17) is 21.1 Å². The average molecular weight is 451 g/mol. The van der Waals surface area contributed by atoms with Crippen molar-refractivity contribution < 1.29 is 42.9 Å². The van der Waals surface area contributed by atoms with Crippen LogP contribution in [-0.2, 0) is 42.9 Å². The standard InChI is InChI=1S/C10H15ClO4.C10H16O5/c2*1-4-7(11)8(9(12)14-5-2)10(13)15-6-3/h4-6H2,1-3H3;8H,4-6H2,1-3H3. The van der Waals surface area contributed by atoms with E-state index in [1.54, 1.807) is 41.5 Å². The van der Waals surface area contributed by atoms with Gasteiger partial charge in [-0.15, -0.1) is 0 Å². The Hall–Kier alpha value is -2.42. The fourth-order valence-corrected chi connectivity index (χ4v) is 2.06. The highest BCUT2D eigenvalue weighted by molar-refractivity contribution is 6.35. The van der Waals surface area contributed by atoms with Crippen LogP contribution in [0.25, 0.3) is 0 Å². The van der Waals surface area contributed by atoms with Crippen molar-refractivity contribution in [3.63, 3.8) is 0 Å². The molecule has 0 saturated heterocycles. The molecule has 30 heavy (non-hydrogen) atoms. The Kier molecular flexibility index (Phi) is 17.3. The highest BCUT2D eigenvalue weighted by Crippen LogP contribution is 2.16. The number of carbonyl (C=O) groups is 5. The molecule has 0 aromatic heterocycles. The highest BCUT2D eigenvalue weighted by Gasteiger charge is 2.35. The fourth-order valence-electron chi connectivity index (χ4n) is 1.90. The third kappa shape index (κ3) is 10.9. The Labute approximate surface area is 182 Å². The zero-order valence-electron chi connectivity index (χ0n) is 18.4. The maximum atomic E-state index is 11.4. The first kappa shape index (κ1) is 29.8. The van der Waals surface area contributed by atoms with Crippen LogP contribution < -0.4 is 0 Å². The summed E-state index contributed by atoms with van der Waals surface area (Å²) in [7, 11) is 0. The van der Waals surface area contributed by atoms with Gasteiger partial charge in [-0.1, -0.05) is 25.4 Å². The predicted molar refractivity (Wildman–Crippen MR) is 108 cm³/mol. The van der Waals surface area contributed by atoms with Gasteiger partial charge in [-0.25, -0.2) is 9.59 Å². The van der Waals surface area contributed by atoms with Gasteiger partial charge in [0.05, 0.1) is 26.4 Å². The van der Waals surface area contributed by atoms with E-state index in [0.29, 0.717) is 6.42 Å². The second kappa shape index (κ2) is 17.4. The second-order valence-corrected chi connectivity index (χ2v) is 5.79. The van der Waals surface area contributed by atoms with E-state index < -0.39 is 35.6 Å². The van der Waals surface area contributed by atoms with Gasteiger partial charge in [0, 0.05) is 11.5 Å². The van der Waals surface area contributed by atoms with Crippen LogP contribution in [0, 0.1) is 5.92 Å². The smallest absolute Gasteiger partial charge is 0.346 e. The Balaban J connectivity index is 0. The summed E-state index contributed by atoms with van der Waals surface area (Å²) in [6, 6.07) is 0. The number of rotatable bonds is 11. The second-order valence-electron chi connectivity index (χ2n) is 5.33. The Morgan fingerprint density at radius 1 is 0.633 bits per heavy atom. The van der Waals surface area contributed by atoms with Crippen LogP contribution in [0.5, 0.6) is 0 Å². The average Bonchev–Trinajstić information content (AvgIpc) is 2.69. The lowest BCUT2D eigenvalue weighted by Crippen LogP contribution is -2.34. The van der Waals surface area contributed by atoms with Crippen LogP contribution in [0.2, 0.25) is 0 Å². The van der Waals surface area contributed by atoms with Gasteiger partial charge in [0.15, 0.2) is 11.4 Å². The predicted octanol–water partition coefficient (Wildman–Crippen LogP) is 2.72. The number of Topliss-reactive ketones (excluding diaryl/α,β-unsaturated/α-hetero) is 1. The van der Waals surface area contributed by atoms with E-state index in [-0.39, 0.29) is 43.5 Å². The SMILES string of the molecule is CCOC(=O)C(C(=O)CC)C(=O)OCC.CCOC(=O)C(C(=O)OCC)=C(Cl)CC. The Bertz CT molecular complexity index is 588. The van der Waals surface area contributed by atoms with Crippen molar-refractivity contribution in [1.29, 1.82) is 0 Å². The highest BCUT2D eigenvalue weighted by atomic mass is 35.5. The molecule has 9 nitrogen and oxygen atoms in total. The molecule has 0 radical (unpaired) electrons. The summed E-state index contributed by atoms with van der Waals surface area (Å²) in [5.74, 6) is -5.03. The number of carbonyl (C=O) groups excluding carboxylic acids is 5. The van der Waals surface area contributed by atoms with E-state index in [9.17, 15) is 24.0 Å². The van der Waals surface area contributed by atoms with Crippen LogP contribution in [0.3, 0.4) is 0 Å². The summed E-state index contributed by atoms with van der Waals surface area (Å²) in [5.41, 5.74) is -0.206. The van der Waals surface area contributed by atoms with Crippen LogP contribution >= 0.6 is 11.6 Å². The first-order valence-corrected chi connectivity index (χ1v) is 10.1. The molecule has 0 aliphatic heterocycles. The number of hydrogen-bond acceptors (Lipinski definition) is 9. The van der Waals surface area contributed by atoms with Crippen molar-refractivity contribution in [1.82, 2.24) is 0 Å². The minimum atomic E-state index is -1.42. The van der Waals surface area contributed by atoms with E-state index in [1.165, 1.54) is 0 Å². The normalized spacial score (nSPS) is 9.60. The van der Waals surface area contributed by atoms with Crippen LogP contribution in [0.4, 0.5) is 0 Å². The van der Waals surface area contributed by atoms with E-state index >= 15 is 0 Å². The summed E-state index contributed by atoms with van der Waals surface area (Å²) in [6.07, 6.45) is 0.483. The number of esters is 4. The summed E-state index contributed by atoms with van der Waals surface area (Å²) in [6.45, 7) is 10.5. The third-order valence-electron chi connectivity index (χ3n) is 3.26. The summed E-state index contributed by atoms with van der Waals surface area (Å²) >= 11 is 5.77. The van der Waals surface area contributed by atoms with Gasteiger partial charge in [0.1, 0.15) is 0 Å².